The maximum atomic E-state index is 13.5. The van der Waals surface area contributed by atoms with Gasteiger partial charge in [0.1, 0.15) is 17.2 Å². The fraction of sp³-hybridized carbons (Fsp3) is 0.400. The number of hydrogen-bond acceptors (Lipinski definition) is 6. The number of anilines is 1. The fourth-order valence-electron chi connectivity index (χ4n) is 4.87. The molecule has 5 rings (SSSR count). The van der Waals surface area contributed by atoms with Crippen LogP contribution in [0.3, 0.4) is 0 Å². The van der Waals surface area contributed by atoms with E-state index >= 15 is 0 Å². The zero-order valence-electron chi connectivity index (χ0n) is 20.2. The van der Waals surface area contributed by atoms with Crippen LogP contribution in [0.2, 0.25) is 6.32 Å². The Labute approximate surface area is 209 Å². The number of sulfonamides is 1. The zero-order chi connectivity index (χ0) is 25.6. The average Bonchev–Trinajstić information content (AvgIpc) is 3.49. The molecule has 3 aromatic rings. The summed E-state index contributed by atoms with van der Waals surface area (Å²) in [4.78, 5) is 12.9. The molecule has 1 amide bonds. The Hall–Kier alpha value is -2.89. The van der Waals surface area contributed by atoms with Gasteiger partial charge in [-0.3, -0.25) is 9.10 Å². The van der Waals surface area contributed by atoms with Crippen LogP contribution in [-0.4, -0.2) is 52.4 Å². The Morgan fingerprint density at radius 1 is 1.22 bits per heavy atom. The van der Waals surface area contributed by atoms with Gasteiger partial charge in [-0.05, 0) is 73.8 Å². The van der Waals surface area contributed by atoms with Crippen LogP contribution in [-0.2, 0) is 14.7 Å². The van der Waals surface area contributed by atoms with Crippen molar-refractivity contribution in [3.05, 3.63) is 53.3 Å². The molecule has 0 bridgehead atoms. The van der Waals surface area contributed by atoms with Crippen LogP contribution < -0.4 is 9.62 Å². The number of benzene rings is 2. The molecular formula is C25H28BFN2O6S. The van der Waals surface area contributed by atoms with E-state index in [1.54, 1.807) is 18.2 Å². The fourth-order valence-corrected chi connectivity index (χ4v) is 5.82. The molecule has 1 aliphatic carbocycles. The van der Waals surface area contributed by atoms with Gasteiger partial charge in [0.05, 0.1) is 17.5 Å². The molecule has 11 heteroatoms. The van der Waals surface area contributed by atoms with Crippen LogP contribution in [0.5, 0.6) is 0 Å². The van der Waals surface area contributed by atoms with E-state index in [1.165, 1.54) is 29.7 Å². The number of nitrogens with zero attached hydrogens (tertiary/aromatic N) is 1. The number of fused-ring (bicyclic) bond motifs is 1. The second kappa shape index (κ2) is 9.53. The van der Waals surface area contributed by atoms with Crippen molar-refractivity contribution in [2.75, 3.05) is 24.2 Å². The maximum absolute atomic E-state index is 13.5. The number of halogens is 1. The normalized spacial score (nSPS) is 18.1. The topological polar surface area (TPSA) is 109 Å². The predicted molar refractivity (Wildman–Crippen MR) is 136 cm³/mol. The smallest absolute Gasteiger partial charge is 0.454 e. The van der Waals surface area contributed by atoms with Crippen molar-refractivity contribution in [1.29, 1.82) is 0 Å². The number of hydrogen-bond donors (Lipinski definition) is 2. The van der Waals surface area contributed by atoms with Gasteiger partial charge < -0.3 is 19.4 Å². The molecule has 2 aromatic carbocycles. The van der Waals surface area contributed by atoms with Crippen molar-refractivity contribution in [3.63, 3.8) is 0 Å². The quantitative estimate of drug-likeness (QED) is 0.442. The van der Waals surface area contributed by atoms with Crippen LogP contribution in [0, 0.1) is 5.82 Å². The highest BCUT2D eigenvalue weighted by Crippen LogP contribution is 2.48. The summed E-state index contributed by atoms with van der Waals surface area (Å²) < 4.78 is 52.4. The molecule has 0 spiro atoms. The Bertz CT molecular complexity index is 1400. The molecule has 36 heavy (non-hydrogen) atoms. The second-order valence-electron chi connectivity index (χ2n) is 9.49. The minimum Gasteiger partial charge on any atom is -0.455 e. The third-order valence-electron chi connectivity index (χ3n) is 6.82. The summed E-state index contributed by atoms with van der Waals surface area (Å²) in [5.41, 5.74) is 2.60. The number of nitrogens with one attached hydrogen (secondary N) is 1. The molecule has 1 aromatic heterocycles. The van der Waals surface area contributed by atoms with Gasteiger partial charge in [0.15, 0.2) is 0 Å². The molecule has 2 N–H and O–H groups in total. The monoisotopic (exact) mass is 514 g/mol. The van der Waals surface area contributed by atoms with E-state index in [9.17, 15) is 22.6 Å². The van der Waals surface area contributed by atoms with E-state index in [0.29, 0.717) is 52.7 Å². The predicted octanol–water partition coefficient (Wildman–Crippen LogP) is 3.90. The van der Waals surface area contributed by atoms with Crippen molar-refractivity contribution in [2.24, 2.45) is 0 Å². The summed E-state index contributed by atoms with van der Waals surface area (Å²) in [7, 11) is -2.93. The van der Waals surface area contributed by atoms with Crippen molar-refractivity contribution < 1.29 is 31.7 Å². The van der Waals surface area contributed by atoms with Gasteiger partial charge in [0, 0.05) is 36.7 Å². The first kappa shape index (κ1) is 24.8. The molecule has 1 saturated heterocycles. The third kappa shape index (κ3) is 4.87. The van der Waals surface area contributed by atoms with Crippen molar-refractivity contribution in [3.8, 4) is 11.3 Å². The van der Waals surface area contributed by atoms with Crippen molar-refractivity contribution in [2.45, 2.75) is 44.0 Å². The van der Waals surface area contributed by atoms with E-state index in [1.807, 2.05) is 6.07 Å². The first-order valence-corrected chi connectivity index (χ1v) is 13.9. The van der Waals surface area contributed by atoms with Crippen LogP contribution in [0.15, 0.2) is 40.8 Å². The molecule has 2 fully saturated rings. The summed E-state index contributed by atoms with van der Waals surface area (Å²) in [6.07, 6.45) is 4.43. The number of carbonyl (C=O) groups excluding carboxylic acids is 1. The molecule has 2 heterocycles. The van der Waals surface area contributed by atoms with Crippen LogP contribution in [0.25, 0.3) is 22.3 Å². The van der Waals surface area contributed by atoms with Crippen LogP contribution in [0.1, 0.15) is 47.5 Å². The Kier molecular flexibility index (Phi) is 6.56. The number of amides is 1. The Morgan fingerprint density at radius 3 is 2.53 bits per heavy atom. The SMILES string of the molecule is CNC(=O)c1c(-c2ccc(F)cc2)oc2cc(N(CCC3CCB(O)O3)S(C)(=O)=O)c(C3CC3)cc12. The summed E-state index contributed by atoms with van der Waals surface area (Å²) >= 11 is 0. The molecular weight excluding hydrogens is 486 g/mol. The summed E-state index contributed by atoms with van der Waals surface area (Å²) in [5.74, 6) is -0.279. The Morgan fingerprint density at radius 2 is 1.94 bits per heavy atom. The minimum absolute atomic E-state index is 0.180. The van der Waals surface area contributed by atoms with Crippen LogP contribution in [0.4, 0.5) is 10.1 Å². The summed E-state index contributed by atoms with van der Waals surface area (Å²) in [6.45, 7) is 0.190. The van der Waals surface area contributed by atoms with E-state index in [4.69, 9.17) is 9.07 Å². The van der Waals surface area contributed by atoms with E-state index in [0.717, 1.165) is 18.4 Å². The molecule has 1 unspecified atom stereocenters. The average molecular weight is 514 g/mol. The highest BCUT2D eigenvalue weighted by atomic mass is 32.2. The van der Waals surface area contributed by atoms with Crippen molar-refractivity contribution >= 4 is 39.7 Å². The lowest BCUT2D eigenvalue weighted by Crippen LogP contribution is -2.33. The van der Waals surface area contributed by atoms with Gasteiger partial charge in [-0.25, -0.2) is 12.8 Å². The molecule has 2 aliphatic rings. The highest BCUT2D eigenvalue weighted by molar-refractivity contribution is 7.92. The number of furan rings is 1. The highest BCUT2D eigenvalue weighted by Gasteiger charge is 2.34. The minimum atomic E-state index is -3.65. The molecule has 1 saturated carbocycles. The molecule has 190 valence electrons. The molecule has 1 atom stereocenters. The first-order valence-electron chi connectivity index (χ1n) is 12.1. The lowest BCUT2D eigenvalue weighted by molar-refractivity contribution is 0.0964. The second-order valence-corrected chi connectivity index (χ2v) is 11.4. The van der Waals surface area contributed by atoms with E-state index < -0.39 is 23.0 Å². The molecule has 1 aliphatic heterocycles. The van der Waals surface area contributed by atoms with Gasteiger partial charge in [0.25, 0.3) is 5.91 Å². The summed E-state index contributed by atoms with van der Waals surface area (Å²) in [6, 6.07) is 9.22. The maximum Gasteiger partial charge on any atom is 0.454 e. The van der Waals surface area contributed by atoms with Crippen LogP contribution >= 0.6 is 0 Å². The number of rotatable bonds is 8. The summed E-state index contributed by atoms with van der Waals surface area (Å²) in [5, 5.41) is 12.9. The molecule has 0 radical (unpaired) electrons. The first-order chi connectivity index (χ1) is 17.2. The molecule has 8 nitrogen and oxygen atoms in total. The lowest BCUT2D eigenvalue weighted by Gasteiger charge is -2.26. The standard InChI is InChI=1S/C25H28BFN2O6S/c1-28-25(30)23-20-13-19(15-3-4-15)21(14-22(20)34-24(23)16-5-7-17(27)8-6-16)29(36(2,32)33)12-10-18-9-11-26(31)35-18/h5-8,13-15,18,31H,3-4,9-12H2,1-2H3,(H,28,30). The lowest BCUT2D eigenvalue weighted by atomic mass is 9.87. The van der Waals surface area contributed by atoms with Gasteiger partial charge in [-0.15, -0.1) is 0 Å². The Balaban J connectivity index is 1.63. The van der Waals surface area contributed by atoms with E-state index in [-0.39, 0.29) is 24.5 Å². The third-order valence-corrected chi connectivity index (χ3v) is 8.00. The van der Waals surface area contributed by atoms with E-state index in [2.05, 4.69) is 5.32 Å². The number of carbonyl (C=O) groups is 1. The van der Waals surface area contributed by atoms with Gasteiger partial charge in [0.2, 0.25) is 10.0 Å². The van der Waals surface area contributed by atoms with Crippen molar-refractivity contribution in [1.82, 2.24) is 5.32 Å². The largest absolute Gasteiger partial charge is 0.455 e. The van der Waals surface area contributed by atoms with Gasteiger partial charge >= 0.3 is 7.12 Å². The van der Waals surface area contributed by atoms with Gasteiger partial charge in [-0.2, -0.15) is 0 Å². The zero-order valence-corrected chi connectivity index (χ0v) is 21.0. The van der Waals surface area contributed by atoms with Gasteiger partial charge in [-0.1, -0.05) is 0 Å².